The van der Waals surface area contributed by atoms with E-state index in [0.29, 0.717) is 17.2 Å². The van der Waals surface area contributed by atoms with Crippen LogP contribution >= 0.6 is 15.9 Å². The molecular weight excluding hydrogens is 382 g/mol. The molecule has 25 heavy (non-hydrogen) atoms. The van der Waals surface area contributed by atoms with E-state index in [1.807, 2.05) is 31.3 Å². The summed E-state index contributed by atoms with van der Waals surface area (Å²) >= 11 is 3.39. The van der Waals surface area contributed by atoms with Crippen molar-refractivity contribution in [2.24, 2.45) is 0 Å². The Balaban J connectivity index is 1.55. The van der Waals surface area contributed by atoms with Crippen molar-refractivity contribution in [3.63, 3.8) is 0 Å². The van der Waals surface area contributed by atoms with E-state index in [0.717, 1.165) is 30.7 Å². The summed E-state index contributed by atoms with van der Waals surface area (Å²) in [7, 11) is 1.84. The molecule has 3 rings (SSSR count). The maximum Gasteiger partial charge on any atom is 0.255 e. The van der Waals surface area contributed by atoms with Gasteiger partial charge in [0.15, 0.2) is 0 Å². The Bertz CT molecular complexity index is 698. The number of aromatic nitrogens is 1. The normalized spacial score (nSPS) is 14.5. The van der Waals surface area contributed by atoms with Crippen molar-refractivity contribution in [2.75, 3.05) is 33.2 Å². The lowest BCUT2D eigenvalue weighted by atomic mass is 10.2. The number of likely N-dealkylation sites (N-methyl/N-ethyl adjacent to an activating group) is 1. The summed E-state index contributed by atoms with van der Waals surface area (Å²) in [5.41, 5.74) is 0.576. The standard InChI is InChI=1S/C19H22BrN3O2/c1-22(12-13-23-10-2-3-11-23)19(24)15-4-9-18(21-14-15)25-17-7-5-16(20)6-8-17/h4-9,14H,2-3,10-13H2,1H3. The topological polar surface area (TPSA) is 45.7 Å². The fraction of sp³-hybridized carbons (Fsp3) is 0.368. The number of pyridine rings is 1. The molecule has 2 aromatic rings. The number of nitrogens with zero attached hydrogens (tertiary/aromatic N) is 3. The van der Waals surface area contributed by atoms with Gasteiger partial charge in [-0.1, -0.05) is 15.9 Å². The van der Waals surface area contributed by atoms with Crippen LogP contribution in [-0.2, 0) is 0 Å². The fourth-order valence-corrected chi connectivity index (χ4v) is 3.07. The number of halogens is 1. The van der Waals surface area contributed by atoms with Gasteiger partial charge < -0.3 is 14.5 Å². The summed E-state index contributed by atoms with van der Waals surface area (Å²) in [6, 6.07) is 11.0. The lowest BCUT2D eigenvalue weighted by molar-refractivity contribution is 0.0782. The summed E-state index contributed by atoms with van der Waals surface area (Å²) in [5.74, 6) is 1.16. The third-order valence-electron chi connectivity index (χ3n) is 4.32. The van der Waals surface area contributed by atoms with Crippen LogP contribution in [0.5, 0.6) is 11.6 Å². The molecule has 1 amide bonds. The molecule has 0 bridgehead atoms. The number of hydrogen-bond acceptors (Lipinski definition) is 4. The van der Waals surface area contributed by atoms with E-state index in [9.17, 15) is 4.79 Å². The Labute approximate surface area is 156 Å². The summed E-state index contributed by atoms with van der Waals surface area (Å²) in [4.78, 5) is 20.9. The largest absolute Gasteiger partial charge is 0.439 e. The molecule has 0 radical (unpaired) electrons. The monoisotopic (exact) mass is 403 g/mol. The number of carbonyl (C=O) groups excluding carboxylic acids is 1. The third-order valence-corrected chi connectivity index (χ3v) is 4.85. The van der Waals surface area contributed by atoms with Gasteiger partial charge in [0.05, 0.1) is 5.56 Å². The molecule has 0 N–H and O–H groups in total. The molecule has 6 heteroatoms. The van der Waals surface area contributed by atoms with Crippen molar-refractivity contribution in [1.82, 2.24) is 14.8 Å². The molecule has 1 aliphatic heterocycles. The van der Waals surface area contributed by atoms with E-state index in [4.69, 9.17) is 4.74 Å². The minimum Gasteiger partial charge on any atom is -0.439 e. The average Bonchev–Trinajstić information content (AvgIpc) is 3.15. The van der Waals surface area contributed by atoms with Crippen LogP contribution in [0.3, 0.4) is 0 Å². The lowest BCUT2D eigenvalue weighted by Crippen LogP contribution is -2.35. The predicted octanol–water partition coefficient (Wildman–Crippen LogP) is 3.80. The van der Waals surface area contributed by atoms with Crippen LogP contribution in [0.25, 0.3) is 0 Å². The Hall–Kier alpha value is -1.92. The second-order valence-electron chi connectivity index (χ2n) is 6.22. The highest BCUT2D eigenvalue weighted by Crippen LogP contribution is 2.21. The molecule has 2 heterocycles. The smallest absolute Gasteiger partial charge is 0.255 e. The molecule has 1 aromatic heterocycles. The number of ether oxygens (including phenoxy) is 1. The second-order valence-corrected chi connectivity index (χ2v) is 7.13. The van der Waals surface area contributed by atoms with Gasteiger partial charge in [0.1, 0.15) is 5.75 Å². The minimum absolute atomic E-state index is 0.0121. The first kappa shape index (κ1) is 17.9. The first-order valence-electron chi connectivity index (χ1n) is 8.49. The summed E-state index contributed by atoms with van der Waals surface area (Å²) in [5, 5.41) is 0. The molecule has 0 atom stereocenters. The number of hydrogen-bond donors (Lipinski definition) is 0. The number of benzene rings is 1. The highest BCUT2D eigenvalue weighted by atomic mass is 79.9. The molecule has 0 spiro atoms. The lowest BCUT2D eigenvalue weighted by Gasteiger charge is -2.21. The summed E-state index contributed by atoms with van der Waals surface area (Å²) in [6.07, 6.45) is 4.10. The van der Waals surface area contributed by atoms with Crippen LogP contribution in [0.1, 0.15) is 23.2 Å². The van der Waals surface area contributed by atoms with E-state index < -0.39 is 0 Å². The third kappa shape index (κ3) is 5.03. The molecule has 1 aromatic carbocycles. The van der Waals surface area contributed by atoms with Crippen molar-refractivity contribution in [1.29, 1.82) is 0 Å². The van der Waals surface area contributed by atoms with Gasteiger partial charge in [0.2, 0.25) is 5.88 Å². The molecule has 0 saturated carbocycles. The van der Waals surface area contributed by atoms with Gasteiger partial charge in [0, 0.05) is 36.9 Å². The maximum atomic E-state index is 12.5. The van der Waals surface area contributed by atoms with Crippen molar-refractivity contribution in [3.05, 3.63) is 52.6 Å². The SMILES string of the molecule is CN(CCN1CCCC1)C(=O)c1ccc(Oc2ccc(Br)cc2)nc1. The van der Waals surface area contributed by atoms with Crippen molar-refractivity contribution >= 4 is 21.8 Å². The van der Waals surface area contributed by atoms with Crippen molar-refractivity contribution in [3.8, 4) is 11.6 Å². The molecule has 0 unspecified atom stereocenters. The number of carbonyl (C=O) groups is 1. The second kappa shape index (κ2) is 8.45. The minimum atomic E-state index is -0.0121. The highest BCUT2D eigenvalue weighted by molar-refractivity contribution is 9.10. The maximum absolute atomic E-state index is 12.5. The molecule has 1 saturated heterocycles. The first-order valence-corrected chi connectivity index (χ1v) is 9.28. The van der Waals surface area contributed by atoms with Crippen LogP contribution in [0, 0.1) is 0 Å². The Kier molecular flexibility index (Phi) is 6.04. The van der Waals surface area contributed by atoms with E-state index in [1.165, 1.54) is 12.8 Å². The van der Waals surface area contributed by atoms with E-state index in [-0.39, 0.29) is 5.91 Å². The van der Waals surface area contributed by atoms with Crippen molar-refractivity contribution in [2.45, 2.75) is 12.8 Å². The van der Waals surface area contributed by atoms with Gasteiger partial charge in [-0.15, -0.1) is 0 Å². The summed E-state index contributed by atoms with van der Waals surface area (Å²) < 4.78 is 6.67. The van der Waals surface area contributed by atoms with E-state index in [2.05, 4.69) is 25.8 Å². The fourth-order valence-electron chi connectivity index (χ4n) is 2.81. The quantitative estimate of drug-likeness (QED) is 0.735. The Morgan fingerprint density at radius 1 is 1.20 bits per heavy atom. The number of rotatable bonds is 6. The van der Waals surface area contributed by atoms with E-state index in [1.54, 1.807) is 23.2 Å². The Morgan fingerprint density at radius 2 is 1.92 bits per heavy atom. The molecule has 5 nitrogen and oxygen atoms in total. The summed E-state index contributed by atoms with van der Waals surface area (Å²) in [6.45, 7) is 3.95. The zero-order valence-electron chi connectivity index (χ0n) is 14.3. The average molecular weight is 404 g/mol. The molecule has 132 valence electrons. The molecule has 1 aliphatic rings. The van der Waals surface area contributed by atoms with Crippen LogP contribution in [0.2, 0.25) is 0 Å². The molecule has 1 fully saturated rings. The van der Waals surface area contributed by atoms with Crippen molar-refractivity contribution < 1.29 is 9.53 Å². The van der Waals surface area contributed by atoms with Crippen LogP contribution in [0.4, 0.5) is 0 Å². The van der Waals surface area contributed by atoms with Crippen LogP contribution in [0.15, 0.2) is 47.1 Å². The van der Waals surface area contributed by atoms with Gasteiger partial charge in [-0.3, -0.25) is 4.79 Å². The molecular formula is C19H22BrN3O2. The van der Waals surface area contributed by atoms with Gasteiger partial charge >= 0.3 is 0 Å². The predicted molar refractivity (Wildman–Crippen MR) is 101 cm³/mol. The van der Waals surface area contributed by atoms with Gasteiger partial charge in [-0.05, 0) is 56.3 Å². The first-order chi connectivity index (χ1) is 12.1. The van der Waals surface area contributed by atoms with Gasteiger partial charge in [-0.25, -0.2) is 4.98 Å². The van der Waals surface area contributed by atoms with Gasteiger partial charge in [0.25, 0.3) is 5.91 Å². The Morgan fingerprint density at radius 3 is 2.56 bits per heavy atom. The zero-order chi connectivity index (χ0) is 17.6. The number of likely N-dealkylation sites (tertiary alicyclic amines) is 1. The molecule has 0 aliphatic carbocycles. The van der Waals surface area contributed by atoms with Crippen LogP contribution < -0.4 is 4.74 Å². The zero-order valence-corrected chi connectivity index (χ0v) is 15.9. The van der Waals surface area contributed by atoms with E-state index >= 15 is 0 Å². The highest BCUT2D eigenvalue weighted by Gasteiger charge is 2.16. The van der Waals surface area contributed by atoms with Gasteiger partial charge in [-0.2, -0.15) is 0 Å². The number of amides is 1. The van der Waals surface area contributed by atoms with Crippen LogP contribution in [-0.4, -0.2) is 53.9 Å².